The summed E-state index contributed by atoms with van der Waals surface area (Å²) in [5, 5.41) is 3.31. The Labute approximate surface area is 122 Å². The average Bonchev–Trinajstić information content (AvgIpc) is 2.35. The number of hydrogen-bond donors (Lipinski definition) is 1. The molecule has 0 spiro atoms. The zero-order valence-electron chi connectivity index (χ0n) is 10.7. The number of benzene rings is 1. The van der Waals surface area contributed by atoms with Crippen molar-refractivity contribution in [3.8, 4) is 0 Å². The van der Waals surface area contributed by atoms with Crippen molar-refractivity contribution in [2.75, 3.05) is 11.9 Å². The van der Waals surface area contributed by atoms with Gasteiger partial charge in [0, 0.05) is 17.4 Å². The molecule has 0 aliphatic carbocycles. The maximum Gasteiger partial charge on any atom is 0.419 e. The normalized spacial score (nSPS) is 13.1. The fraction of sp³-hybridized carbons (Fsp3) is 0.462. The minimum absolute atomic E-state index is 0.195. The second-order valence-corrected chi connectivity index (χ2v) is 5.28. The van der Waals surface area contributed by atoms with Gasteiger partial charge < -0.3 is 5.32 Å². The quantitative estimate of drug-likeness (QED) is 0.627. The number of halogens is 5. The van der Waals surface area contributed by atoms with Crippen LogP contribution in [0.1, 0.15) is 29.3 Å². The Bertz CT molecular complexity index is 476. The van der Waals surface area contributed by atoms with Gasteiger partial charge in [0.25, 0.3) is 5.91 Å². The Morgan fingerprint density at radius 1 is 1.40 bits per heavy atom. The number of rotatable bonds is 5. The van der Waals surface area contributed by atoms with Gasteiger partial charge in [-0.1, -0.05) is 22.9 Å². The van der Waals surface area contributed by atoms with E-state index < -0.39 is 23.5 Å². The van der Waals surface area contributed by atoms with Crippen LogP contribution >= 0.6 is 15.9 Å². The van der Waals surface area contributed by atoms with E-state index in [1.54, 1.807) is 0 Å². The summed E-state index contributed by atoms with van der Waals surface area (Å²) in [6.07, 6.45) is -3.98. The summed E-state index contributed by atoms with van der Waals surface area (Å²) in [7, 11) is 0. The van der Waals surface area contributed by atoms with E-state index in [0.717, 1.165) is 17.8 Å². The third kappa shape index (κ3) is 4.77. The fourth-order valence-corrected chi connectivity index (χ4v) is 2.32. The van der Waals surface area contributed by atoms with E-state index in [1.165, 1.54) is 0 Å². The Hall–Kier alpha value is -1.11. The van der Waals surface area contributed by atoms with E-state index >= 15 is 0 Å². The molecular formula is C13H14BrF4NO. The van der Waals surface area contributed by atoms with Crippen LogP contribution in [-0.2, 0) is 6.18 Å². The lowest BCUT2D eigenvalue weighted by atomic mass is 10.1. The van der Waals surface area contributed by atoms with Gasteiger partial charge in [0.1, 0.15) is 5.82 Å². The highest BCUT2D eigenvalue weighted by molar-refractivity contribution is 9.09. The minimum Gasteiger partial charge on any atom is -0.352 e. The van der Waals surface area contributed by atoms with Crippen LogP contribution in [0, 0.1) is 11.7 Å². The van der Waals surface area contributed by atoms with Gasteiger partial charge in [-0.15, -0.1) is 0 Å². The molecule has 1 rings (SSSR count). The van der Waals surface area contributed by atoms with Crippen LogP contribution in [0.5, 0.6) is 0 Å². The third-order valence-electron chi connectivity index (χ3n) is 2.75. The number of carbonyl (C=O) groups is 1. The van der Waals surface area contributed by atoms with Crippen LogP contribution in [-0.4, -0.2) is 17.8 Å². The van der Waals surface area contributed by atoms with Gasteiger partial charge in [-0.2, -0.15) is 13.2 Å². The number of carbonyl (C=O) groups excluding carboxylic acids is 1. The highest BCUT2D eigenvalue weighted by Crippen LogP contribution is 2.31. The number of amides is 1. The molecule has 7 heteroatoms. The summed E-state index contributed by atoms with van der Waals surface area (Å²) < 4.78 is 50.7. The maximum absolute atomic E-state index is 13.1. The lowest BCUT2D eigenvalue weighted by Crippen LogP contribution is -2.28. The molecule has 0 saturated heterocycles. The van der Waals surface area contributed by atoms with Gasteiger partial charge in [0.15, 0.2) is 0 Å². The van der Waals surface area contributed by atoms with Crippen LogP contribution in [0.3, 0.4) is 0 Å². The van der Waals surface area contributed by atoms with Gasteiger partial charge in [0.05, 0.1) is 5.56 Å². The van der Waals surface area contributed by atoms with Crippen molar-refractivity contribution in [1.82, 2.24) is 5.32 Å². The number of alkyl halides is 4. The Kier molecular flexibility index (Phi) is 5.98. The molecule has 0 fully saturated rings. The van der Waals surface area contributed by atoms with E-state index in [0.29, 0.717) is 18.7 Å². The van der Waals surface area contributed by atoms with Gasteiger partial charge in [0.2, 0.25) is 0 Å². The second kappa shape index (κ2) is 7.06. The smallest absolute Gasteiger partial charge is 0.352 e. The summed E-state index contributed by atoms with van der Waals surface area (Å²) in [6.45, 7) is 2.26. The first-order chi connectivity index (χ1) is 9.25. The molecule has 1 aromatic rings. The van der Waals surface area contributed by atoms with Crippen LogP contribution in [0.15, 0.2) is 18.2 Å². The van der Waals surface area contributed by atoms with E-state index in [4.69, 9.17) is 0 Å². The van der Waals surface area contributed by atoms with Crippen molar-refractivity contribution in [1.29, 1.82) is 0 Å². The lowest BCUT2D eigenvalue weighted by molar-refractivity contribution is -0.140. The van der Waals surface area contributed by atoms with Crippen LogP contribution in [0.4, 0.5) is 17.6 Å². The molecule has 1 atom stereocenters. The van der Waals surface area contributed by atoms with Crippen LogP contribution < -0.4 is 5.32 Å². The van der Waals surface area contributed by atoms with Gasteiger partial charge in [-0.25, -0.2) is 4.39 Å². The standard InChI is InChI=1S/C13H14BrF4NO/c1-8(4-5-14)7-19-12(20)9-2-3-11(15)10(6-9)13(16,17)18/h2-3,6,8H,4-5,7H2,1H3,(H,19,20). The van der Waals surface area contributed by atoms with Crippen molar-refractivity contribution in [2.45, 2.75) is 19.5 Å². The van der Waals surface area contributed by atoms with E-state index in [2.05, 4.69) is 21.2 Å². The van der Waals surface area contributed by atoms with Crippen molar-refractivity contribution in [3.05, 3.63) is 35.1 Å². The zero-order valence-corrected chi connectivity index (χ0v) is 12.3. The number of hydrogen-bond acceptors (Lipinski definition) is 1. The van der Waals surface area contributed by atoms with Crippen LogP contribution in [0.2, 0.25) is 0 Å². The maximum atomic E-state index is 13.1. The first-order valence-electron chi connectivity index (χ1n) is 5.96. The molecule has 0 bridgehead atoms. The summed E-state index contributed by atoms with van der Waals surface area (Å²) in [5.74, 6) is -1.83. The predicted molar refractivity (Wildman–Crippen MR) is 71.3 cm³/mol. The summed E-state index contributed by atoms with van der Waals surface area (Å²) >= 11 is 3.26. The topological polar surface area (TPSA) is 29.1 Å². The Morgan fingerprint density at radius 3 is 2.60 bits per heavy atom. The average molecular weight is 356 g/mol. The van der Waals surface area contributed by atoms with Crippen LogP contribution in [0.25, 0.3) is 0 Å². The van der Waals surface area contributed by atoms with Gasteiger partial charge >= 0.3 is 6.18 Å². The summed E-state index contributed by atoms with van der Waals surface area (Å²) in [6, 6.07) is 2.22. The minimum atomic E-state index is -4.82. The molecule has 112 valence electrons. The van der Waals surface area contributed by atoms with E-state index in [9.17, 15) is 22.4 Å². The molecule has 1 aromatic carbocycles. The van der Waals surface area contributed by atoms with Crippen molar-refractivity contribution < 1.29 is 22.4 Å². The molecule has 0 aromatic heterocycles. The molecule has 0 aliphatic rings. The first-order valence-corrected chi connectivity index (χ1v) is 7.08. The molecule has 1 unspecified atom stereocenters. The van der Waals surface area contributed by atoms with Gasteiger partial charge in [-0.3, -0.25) is 4.79 Å². The first kappa shape index (κ1) is 16.9. The molecule has 20 heavy (non-hydrogen) atoms. The second-order valence-electron chi connectivity index (χ2n) is 4.49. The van der Waals surface area contributed by atoms with Crippen molar-refractivity contribution >= 4 is 21.8 Å². The highest BCUT2D eigenvalue weighted by atomic mass is 79.9. The third-order valence-corrected chi connectivity index (χ3v) is 3.20. The monoisotopic (exact) mass is 355 g/mol. The highest BCUT2D eigenvalue weighted by Gasteiger charge is 2.34. The molecule has 0 aliphatic heterocycles. The molecule has 0 heterocycles. The van der Waals surface area contributed by atoms with Crippen molar-refractivity contribution in [2.24, 2.45) is 5.92 Å². The van der Waals surface area contributed by atoms with E-state index in [-0.39, 0.29) is 11.5 Å². The molecule has 1 N–H and O–H groups in total. The van der Waals surface area contributed by atoms with Gasteiger partial charge in [-0.05, 0) is 30.5 Å². The van der Waals surface area contributed by atoms with E-state index in [1.807, 2.05) is 6.92 Å². The summed E-state index contributed by atoms with van der Waals surface area (Å²) in [4.78, 5) is 11.7. The molecule has 0 radical (unpaired) electrons. The Morgan fingerprint density at radius 2 is 2.05 bits per heavy atom. The zero-order chi connectivity index (χ0) is 15.3. The molecule has 0 saturated carbocycles. The predicted octanol–water partition coefficient (Wildman–Crippen LogP) is 4.00. The number of nitrogens with one attached hydrogen (secondary N) is 1. The summed E-state index contributed by atoms with van der Waals surface area (Å²) in [5.41, 5.74) is -1.64. The molecule has 2 nitrogen and oxygen atoms in total. The Balaban J connectivity index is 2.79. The molecule has 1 amide bonds. The van der Waals surface area contributed by atoms with Crippen molar-refractivity contribution in [3.63, 3.8) is 0 Å². The lowest BCUT2D eigenvalue weighted by Gasteiger charge is -2.13. The SMILES string of the molecule is CC(CCBr)CNC(=O)c1ccc(F)c(C(F)(F)F)c1. The molecular weight excluding hydrogens is 342 g/mol. The largest absolute Gasteiger partial charge is 0.419 e. The fourth-order valence-electron chi connectivity index (χ4n) is 1.54.